The van der Waals surface area contributed by atoms with Crippen molar-refractivity contribution in [2.45, 2.75) is 31.8 Å². The molecule has 0 amide bonds. The summed E-state index contributed by atoms with van der Waals surface area (Å²) in [6, 6.07) is 7.94. The summed E-state index contributed by atoms with van der Waals surface area (Å²) < 4.78 is 5.76. The van der Waals surface area contributed by atoms with Crippen LogP contribution in [0.25, 0.3) is 0 Å². The van der Waals surface area contributed by atoms with Gasteiger partial charge >= 0.3 is 0 Å². The number of aliphatic imine (C=N–C) groups is 1. The Morgan fingerprint density at radius 1 is 1.41 bits per heavy atom. The van der Waals surface area contributed by atoms with Crippen LogP contribution in [-0.4, -0.2) is 38.3 Å². The molecule has 0 radical (unpaired) electrons. The van der Waals surface area contributed by atoms with Gasteiger partial charge < -0.3 is 15.4 Å². The van der Waals surface area contributed by atoms with Crippen LogP contribution < -0.4 is 10.6 Å². The van der Waals surface area contributed by atoms with Crippen molar-refractivity contribution in [3.8, 4) is 0 Å². The number of nitrogens with one attached hydrogen (secondary N) is 2. The summed E-state index contributed by atoms with van der Waals surface area (Å²) in [4.78, 5) is 4.24. The molecule has 124 valence electrons. The first-order valence-electron chi connectivity index (χ1n) is 7.44. The number of nitrogens with zero attached hydrogens (tertiary/aromatic N) is 1. The number of hydrogen-bond donors (Lipinski definition) is 2. The maximum atomic E-state index is 5.98. The Kier molecular flexibility index (Phi) is 8.49. The molecule has 1 saturated heterocycles. The lowest BCUT2D eigenvalue weighted by Gasteiger charge is -2.24. The second kappa shape index (κ2) is 9.57. The monoisotopic (exact) mass is 437 g/mol. The van der Waals surface area contributed by atoms with E-state index in [0.717, 1.165) is 49.9 Å². The van der Waals surface area contributed by atoms with E-state index in [1.165, 1.54) is 5.56 Å². The second-order valence-electron chi connectivity index (χ2n) is 5.63. The van der Waals surface area contributed by atoms with Gasteiger partial charge in [0.25, 0.3) is 0 Å². The van der Waals surface area contributed by atoms with Crippen LogP contribution in [-0.2, 0) is 11.2 Å². The summed E-state index contributed by atoms with van der Waals surface area (Å²) in [7, 11) is 1.78. The molecule has 6 heteroatoms. The van der Waals surface area contributed by atoms with Gasteiger partial charge in [0.2, 0.25) is 0 Å². The Labute approximate surface area is 155 Å². The molecule has 1 aliphatic rings. The van der Waals surface area contributed by atoms with Crippen LogP contribution in [0.3, 0.4) is 0 Å². The third kappa shape index (κ3) is 6.30. The molecule has 0 saturated carbocycles. The number of halogens is 2. The SMILES string of the molecule is CN=C(NCCc1cccc(Cl)c1)NCC1(C)CCCO1.I. The largest absolute Gasteiger partial charge is 0.373 e. The van der Waals surface area contributed by atoms with Gasteiger partial charge in [0.05, 0.1) is 5.60 Å². The van der Waals surface area contributed by atoms with Crippen LogP contribution in [0.15, 0.2) is 29.3 Å². The Bertz CT molecular complexity index is 490. The predicted molar refractivity (Wildman–Crippen MR) is 104 cm³/mol. The van der Waals surface area contributed by atoms with Gasteiger partial charge in [-0.15, -0.1) is 24.0 Å². The molecule has 1 fully saturated rings. The average Bonchev–Trinajstić information content (AvgIpc) is 2.90. The summed E-state index contributed by atoms with van der Waals surface area (Å²) in [5, 5.41) is 7.44. The highest BCUT2D eigenvalue weighted by molar-refractivity contribution is 14.0. The van der Waals surface area contributed by atoms with E-state index < -0.39 is 0 Å². The highest BCUT2D eigenvalue weighted by Gasteiger charge is 2.29. The van der Waals surface area contributed by atoms with Gasteiger partial charge in [0.1, 0.15) is 0 Å². The van der Waals surface area contributed by atoms with Gasteiger partial charge in [-0.1, -0.05) is 23.7 Å². The Morgan fingerprint density at radius 3 is 2.86 bits per heavy atom. The first kappa shape index (κ1) is 19.5. The Balaban J connectivity index is 0.00000242. The number of ether oxygens (including phenoxy) is 1. The van der Waals surface area contributed by atoms with Crippen molar-refractivity contribution in [1.82, 2.24) is 10.6 Å². The van der Waals surface area contributed by atoms with Crippen molar-refractivity contribution in [2.24, 2.45) is 4.99 Å². The van der Waals surface area contributed by atoms with Gasteiger partial charge in [0.15, 0.2) is 5.96 Å². The summed E-state index contributed by atoms with van der Waals surface area (Å²) in [6.45, 7) is 4.60. The van der Waals surface area contributed by atoms with E-state index in [4.69, 9.17) is 16.3 Å². The minimum Gasteiger partial charge on any atom is -0.373 e. The first-order chi connectivity index (χ1) is 10.1. The molecular weight excluding hydrogens is 413 g/mol. The van der Waals surface area contributed by atoms with E-state index in [-0.39, 0.29) is 29.6 Å². The lowest BCUT2D eigenvalue weighted by molar-refractivity contribution is 0.0243. The first-order valence-corrected chi connectivity index (χ1v) is 7.82. The van der Waals surface area contributed by atoms with E-state index in [1.807, 2.05) is 18.2 Å². The van der Waals surface area contributed by atoms with Crippen LogP contribution in [0.2, 0.25) is 5.02 Å². The maximum Gasteiger partial charge on any atom is 0.191 e. The standard InChI is InChI=1S/C16H24ClN3O.HI/c1-16(8-4-10-21-16)12-20-15(18-2)19-9-7-13-5-3-6-14(17)11-13;/h3,5-6,11H,4,7-10,12H2,1-2H3,(H2,18,19,20);1H. The van der Waals surface area contributed by atoms with Crippen LogP contribution in [0.4, 0.5) is 0 Å². The zero-order valence-corrected chi connectivity index (χ0v) is 16.3. The molecule has 0 aliphatic carbocycles. The van der Waals surface area contributed by atoms with E-state index in [0.29, 0.717) is 0 Å². The van der Waals surface area contributed by atoms with E-state index in [1.54, 1.807) is 7.05 Å². The van der Waals surface area contributed by atoms with E-state index in [2.05, 4.69) is 28.6 Å². The van der Waals surface area contributed by atoms with Crippen LogP contribution in [0.5, 0.6) is 0 Å². The highest BCUT2D eigenvalue weighted by atomic mass is 127. The molecule has 1 unspecified atom stereocenters. The fourth-order valence-electron chi connectivity index (χ4n) is 2.49. The molecule has 2 rings (SSSR count). The lowest BCUT2D eigenvalue weighted by atomic mass is 10.0. The van der Waals surface area contributed by atoms with E-state index >= 15 is 0 Å². The van der Waals surface area contributed by atoms with Crippen molar-refractivity contribution >= 4 is 41.5 Å². The molecule has 0 aromatic heterocycles. The van der Waals surface area contributed by atoms with Gasteiger partial charge in [-0.25, -0.2) is 0 Å². The maximum absolute atomic E-state index is 5.98. The van der Waals surface area contributed by atoms with Crippen molar-refractivity contribution in [1.29, 1.82) is 0 Å². The molecule has 22 heavy (non-hydrogen) atoms. The smallest absolute Gasteiger partial charge is 0.191 e. The second-order valence-corrected chi connectivity index (χ2v) is 6.07. The number of guanidine groups is 1. The topological polar surface area (TPSA) is 45.7 Å². The molecule has 0 bridgehead atoms. The van der Waals surface area contributed by atoms with Gasteiger partial charge in [-0.05, 0) is 43.9 Å². The van der Waals surface area contributed by atoms with Crippen LogP contribution >= 0.6 is 35.6 Å². The van der Waals surface area contributed by atoms with Crippen LogP contribution in [0, 0.1) is 0 Å². The summed E-state index contributed by atoms with van der Waals surface area (Å²) in [6.07, 6.45) is 3.15. The van der Waals surface area contributed by atoms with Gasteiger partial charge in [-0.3, -0.25) is 4.99 Å². The van der Waals surface area contributed by atoms with Gasteiger partial charge in [-0.2, -0.15) is 0 Å². The molecular formula is C16H25ClIN3O. The summed E-state index contributed by atoms with van der Waals surface area (Å²) >= 11 is 5.98. The number of rotatable bonds is 5. The molecule has 0 spiro atoms. The molecule has 1 heterocycles. The third-order valence-electron chi connectivity index (χ3n) is 3.75. The predicted octanol–water partition coefficient (Wildman–Crippen LogP) is 3.23. The molecule has 4 nitrogen and oxygen atoms in total. The Hall–Kier alpha value is -0.530. The normalized spacial score (nSPS) is 21.3. The van der Waals surface area contributed by atoms with Crippen LogP contribution in [0.1, 0.15) is 25.3 Å². The fraction of sp³-hybridized carbons (Fsp3) is 0.562. The quantitative estimate of drug-likeness (QED) is 0.422. The molecule has 1 aromatic rings. The molecule has 1 atom stereocenters. The molecule has 1 aromatic carbocycles. The van der Waals surface area contributed by atoms with Crippen molar-refractivity contribution < 1.29 is 4.74 Å². The molecule has 1 aliphatic heterocycles. The zero-order valence-electron chi connectivity index (χ0n) is 13.2. The summed E-state index contributed by atoms with van der Waals surface area (Å²) in [5.41, 5.74) is 1.15. The third-order valence-corrected chi connectivity index (χ3v) is 3.98. The number of benzene rings is 1. The Morgan fingerprint density at radius 2 is 2.23 bits per heavy atom. The summed E-state index contributed by atoms with van der Waals surface area (Å²) in [5.74, 6) is 0.814. The number of hydrogen-bond acceptors (Lipinski definition) is 2. The lowest BCUT2D eigenvalue weighted by Crippen LogP contribution is -2.45. The minimum absolute atomic E-state index is 0. The highest BCUT2D eigenvalue weighted by Crippen LogP contribution is 2.23. The minimum atomic E-state index is -0.0649. The van der Waals surface area contributed by atoms with Gasteiger partial charge in [0, 0.05) is 31.8 Å². The fourth-order valence-corrected chi connectivity index (χ4v) is 2.70. The molecule has 2 N–H and O–H groups in total. The van der Waals surface area contributed by atoms with Crippen molar-refractivity contribution in [3.05, 3.63) is 34.9 Å². The van der Waals surface area contributed by atoms with Crippen molar-refractivity contribution in [2.75, 3.05) is 26.7 Å². The average molecular weight is 438 g/mol. The van der Waals surface area contributed by atoms with Crippen molar-refractivity contribution in [3.63, 3.8) is 0 Å². The van der Waals surface area contributed by atoms with E-state index in [9.17, 15) is 0 Å². The zero-order chi connectivity index (χ0) is 15.1.